The van der Waals surface area contributed by atoms with Gasteiger partial charge in [0.1, 0.15) is 5.60 Å². The van der Waals surface area contributed by atoms with E-state index in [0.717, 1.165) is 44.9 Å². The summed E-state index contributed by atoms with van der Waals surface area (Å²) in [5.74, 6) is 4.76. The first-order valence-electron chi connectivity index (χ1n) is 11.4. The van der Waals surface area contributed by atoms with Crippen LogP contribution in [-0.4, -0.2) is 30.7 Å². The Balaban J connectivity index is 1.74. The Morgan fingerprint density at radius 2 is 2.03 bits per heavy atom. The minimum Gasteiger partial charge on any atom is -0.377 e. The third-order valence-electron chi connectivity index (χ3n) is 9.51. The van der Waals surface area contributed by atoms with Crippen molar-refractivity contribution in [2.75, 3.05) is 14.2 Å². The van der Waals surface area contributed by atoms with Crippen LogP contribution in [0.4, 0.5) is 0 Å². The third kappa shape index (κ3) is 2.83. The fourth-order valence-corrected chi connectivity index (χ4v) is 8.01. The Morgan fingerprint density at radius 3 is 2.66 bits per heavy atom. The topological polar surface area (TPSA) is 38.7 Å². The zero-order valence-electron chi connectivity index (χ0n) is 18.7. The van der Waals surface area contributed by atoms with Crippen molar-refractivity contribution in [3.8, 4) is 12.3 Å². The van der Waals surface area contributed by atoms with Crippen LogP contribution < -0.4 is 0 Å². The van der Waals surface area contributed by atoms with Crippen LogP contribution in [-0.2, 0) is 9.47 Å². The zero-order valence-corrected chi connectivity index (χ0v) is 18.7. The van der Waals surface area contributed by atoms with E-state index in [4.69, 9.17) is 15.9 Å². The standard InChI is InChI=1S/C26H38O3/c1-7-9-19-15-24(4)22(14-17(3)26(24,27)8-2)21-11-10-18-16-25(28-5,29-6)13-12-20(18)23(19)21/h2,7,17,19,21-23,27H,1,9-16H2,3-6H3/t17-,19+,21?,22?,23?,24+,26+/m1/s1. The van der Waals surface area contributed by atoms with Gasteiger partial charge >= 0.3 is 0 Å². The first kappa shape index (κ1) is 21.2. The molecule has 0 aromatic carbocycles. The first-order valence-corrected chi connectivity index (χ1v) is 11.4. The second-order valence-electron chi connectivity index (χ2n) is 10.4. The van der Waals surface area contributed by atoms with Crippen LogP contribution in [0.2, 0.25) is 0 Å². The van der Waals surface area contributed by atoms with Crippen molar-refractivity contribution >= 4 is 0 Å². The van der Waals surface area contributed by atoms with Gasteiger partial charge in [0.25, 0.3) is 0 Å². The van der Waals surface area contributed by atoms with E-state index in [1.807, 2.05) is 0 Å². The van der Waals surface area contributed by atoms with E-state index in [0.29, 0.717) is 23.7 Å². The molecule has 0 spiro atoms. The van der Waals surface area contributed by atoms with Gasteiger partial charge in [-0.25, -0.2) is 0 Å². The molecular formula is C26H38O3. The van der Waals surface area contributed by atoms with Crippen molar-refractivity contribution in [3.05, 3.63) is 23.8 Å². The van der Waals surface area contributed by atoms with Crippen LogP contribution in [0.15, 0.2) is 23.8 Å². The second-order valence-corrected chi connectivity index (χ2v) is 10.4. The predicted molar refractivity (Wildman–Crippen MR) is 116 cm³/mol. The maximum atomic E-state index is 11.6. The smallest absolute Gasteiger partial charge is 0.171 e. The highest BCUT2D eigenvalue weighted by atomic mass is 16.7. The number of fused-ring (bicyclic) bond motifs is 4. The van der Waals surface area contributed by atoms with E-state index in [1.165, 1.54) is 6.42 Å². The summed E-state index contributed by atoms with van der Waals surface area (Å²) in [5.41, 5.74) is 2.04. The number of methoxy groups -OCH3 is 2. The quantitative estimate of drug-likeness (QED) is 0.406. The van der Waals surface area contributed by atoms with Crippen molar-refractivity contribution in [1.82, 2.24) is 0 Å². The van der Waals surface area contributed by atoms with Crippen molar-refractivity contribution in [2.24, 2.45) is 35.0 Å². The normalized spacial score (nSPS) is 45.7. The zero-order chi connectivity index (χ0) is 21.0. The molecule has 3 nitrogen and oxygen atoms in total. The number of rotatable bonds is 4. The van der Waals surface area contributed by atoms with Gasteiger partial charge in [-0.2, -0.15) is 0 Å². The van der Waals surface area contributed by atoms with Crippen LogP contribution in [0.25, 0.3) is 0 Å². The molecule has 2 fully saturated rings. The number of hydrogen-bond donors (Lipinski definition) is 1. The Bertz CT molecular complexity index is 742. The van der Waals surface area contributed by atoms with Gasteiger partial charge in [0.05, 0.1) is 0 Å². The van der Waals surface area contributed by atoms with E-state index < -0.39 is 11.4 Å². The maximum absolute atomic E-state index is 11.6. The highest BCUT2D eigenvalue weighted by Gasteiger charge is 2.66. The van der Waals surface area contributed by atoms with E-state index in [9.17, 15) is 5.11 Å². The van der Waals surface area contributed by atoms with Gasteiger partial charge < -0.3 is 14.6 Å². The third-order valence-corrected chi connectivity index (χ3v) is 9.51. The molecule has 3 unspecified atom stereocenters. The average Bonchev–Trinajstić information content (AvgIpc) is 2.94. The number of hydrogen-bond acceptors (Lipinski definition) is 3. The molecule has 0 radical (unpaired) electrons. The summed E-state index contributed by atoms with van der Waals surface area (Å²) in [6.07, 6.45) is 16.2. The molecule has 160 valence electrons. The Labute approximate surface area is 176 Å². The molecule has 1 N–H and O–H groups in total. The summed E-state index contributed by atoms with van der Waals surface area (Å²) in [4.78, 5) is 0. The van der Waals surface area contributed by atoms with Gasteiger partial charge in [-0.15, -0.1) is 13.0 Å². The molecular weight excluding hydrogens is 360 g/mol. The lowest BCUT2D eigenvalue weighted by Gasteiger charge is -2.57. The molecule has 29 heavy (non-hydrogen) atoms. The molecule has 4 aliphatic carbocycles. The average molecular weight is 399 g/mol. The Hall–Kier alpha value is -1.08. The molecule has 2 saturated carbocycles. The van der Waals surface area contributed by atoms with Crippen molar-refractivity contribution in [1.29, 1.82) is 0 Å². The number of ether oxygens (including phenoxy) is 2. The van der Waals surface area contributed by atoms with Crippen molar-refractivity contribution < 1.29 is 14.6 Å². The molecule has 4 rings (SSSR count). The summed E-state index contributed by atoms with van der Waals surface area (Å²) in [7, 11) is 3.54. The van der Waals surface area contributed by atoms with E-state index in [-0.39, 0.29) is 11.3 Å². The molecule has 0 aromatic rings. The lowest BCUT2D eigenvalue weighted by atomic mass is 9.48. The summed E-state index contributed by atoms with van der Waals surface area (Å²) in [5, 5.41) is 11.6. The minimum atomic E-state index is -0.996. The molecule has 0 aliphatic heterocycles. The maximum Gasteiger partial charge on any atom is 0.171 e. The van der Waals surface area contributed by atoms with Gasteiger partial charge in [-0.3, -0.25) is 0 Å². The van der Waals surface area contributed by atoms with Gasteiger partial charge in [0, 0.05) is 32.5 Å². The number of allylic oxidation sites excluding steroid dienone is 2. The molecule has 0 amide bonds. The summed E-state index contributed by atoms with van der Waals surface area (Å²) >= 11 is 0. The monoisotopic (exact) mass is 398 g/mol. The summed E-state index contributed by atoms with van der Waals surface area (Å²) < 4.78 is 11.6. The van der Waals surface area contributed by atoms with Crippen LogP contribution in [0, 0.1) is 47.3 Å². The molecule has 0 aromatic heterocycles. The van der Waals surface area contributed by atoms with Crippen molar-refractivity contribution in [2.45, 2.75) is 76.6 Å². The van der Waals surface area contributed by atoms with Crippen LogP contribution >= 0.6 is 0 Å². The molecule has 0 bridgehead atoms. The number of aliphatic hydroxyl groups is 1. The highest BCUT2D eigenvalue weighted by molar-refractivity contribution is 5.32. The van der Waals surface area contributed by atoms with E-state index in [2.05, 4.69) is 32.4 Å². The van der Waals surface area contributed by atoms with Gasteiger partial charge in [0.15, 0.2) is 5.79 Å². The summed E-state index contributed by atoms with van der Waals surface area (Å²) in [6.45, 7) is 8.50. The Morgan fingerprint density at radius 1 is 1.31 bits per heavy atom. The highest BCUT2D eigenvalue weighted by Crippen LogP contribution is 2.67. The van der Waals surface area contributed by atoms with E-state index in [1.54, 1.807) is 25.4 Å². The fourth-order valence-electron chi connectivity index (χ4n) is 8.01. The van der Waals surface area contributed by atoms with Crippen LogP contribution in [0.5, 0.6) is 0 Å². The van der Waals surface area contributed by atoms with Gasteiger partial charge in [-0.05, 0) is 68.1 Å². The molecule has 3 heteroatoms. The predicted octanol–water partition coefficient (Wildman–Crippen LogP) is 5.10. The lowest BCUT2D eigenvalue weighted by molar-refractivity contribution is -0.214. The second kappa shape index (κ2) is 7.26. The van der Waals surface area contributed by atoms with Crippen LogP contribution in [0.1, 0.15) is 65.2 Å². The molecule has 7 atom stereocenters. The molecule has 4 aliphatic rings. The largest absolute Gasteiger partial charge is 0.377 e. The lowest BCUT2D eigenvalue weighted by Crippen LogP contribution is -2.55. The molecule has 0 heterocycles. The summed E-state index contributed by atoms with van der Waals surface area (Å²) in [6, 6.07) is 0. The number of terminal acetylenes is 1. The van der Waals surface area contributed by atoms with Crippen LogP contribution in [0.3, 0.4) is 0 Å². The SMILES string of the molecule is C#C[C@]1(O)[C@H](C)CC2C3CCC4=C(CCC(OC)(OC)C4)C3[C@@H](CC=C)C[C@@]21C. The Kier molecular flexibility index (Phi) is 5.30. The van der Waals surface area contributed by atoms with E-state index >= 15 is 0 Å². The minimum absolute atomic E-state index is 0.155. The first-order chi connectivity index (χ1) is 13.8. The van der Waals surface area contributed by atoms with Gasteiger partial charge in [0.2, 0.25) is 0 Å². The molecule has 0 saturated heterocycles. The van der Waals surface area contributed by atoms with Gasteiger partial charge in [-0.1, -0.05) is 37.0 Å². The van der Waals surface area contributed by atoms with Crippen molar-refractivity contribution in [3.63, 3.8) is 0 Å². The fraction of sp³-hybridized carbons (Fsp3) is 0.769.